The molecule has 1 atom stereocenters. The highest BCUT2D eigenvalue weighted by molar-refractivity contribution is 7.09. The van der Waals surface area contributed by atoms with E-state index in [0.717, 1.165) is 47.6 Å². The van der Waals surface area contributed by atoms with E-state index in [9.17, 15) is 9.59 Å². The van der Waals surface area contributed by atoms with Crippen LogP contribution in [0.5, 0.6) is 0 Å². The Hall–Kier alpha value is -2.12. The van der Waals surface area contributed by atoms with Crippen molar-refractivity contribution in [1.29, 1.82) is 0 Å². The van der Waals surface area contributed by atoms with Crippen molar-refractivity contribution in [3.63, 3.8) is 0 Å². The molecule has 1 aromatic carbocycles. The standard InChI is InChI=1S/C22H26ClN3O3S/c1-3-4-5-16-12-30-19(24-16)11-20(27)26-14-22(8-9-25(13-22)21(28)29-2)17-10-15(23)6-7-18(17)26/h6-7,10,12H,3-5,8-9,11,13-14H2,1-2H3. The van der Waals surface area contributed by atoms with E-state index in [2.05, 4.69) is 17.3 Å². The zero-order valence-electron chi connectivity index (χ0n) is 17.3. The first-order valence-electron chi connectivity index (χ1n) is 10.3. The summed E-state index contributed by atoms with van der Waals surface area (Å²) in [6.07, 6.45) is 3.93. The number of hydrogen-bond acceptors (Lipinski definition) is 5. The fraction of sp³-hybridized carbons (Fsp3) is 0.500. The summed E-state index contributed by atoms with van der Waals surface area (Å²) >= 11 is 7.85. The molecule has 4 rings (SSSR count). The molecule has 0 bridgehead atoms. The molecule has 1 saturated heterocycles. The Kier molecular flexibility index (Phi) is 6.02. The number of aromatic nitrogens is 1. The van der Waals surface area contributed by atoms with E-state index < -0.39 is 0 Å². The van der Waals surface area contributed by atoms with Gasteiger partial charge in [0.2, 0.25) is 5.91 Å². The van der Waals surface area contributed by atoms with Crippen molar-refractivity contribution in [3.8, 4) is 0 Å². The third kappa shape index (κ3) is 3.93. The number of methoxy groups -OCH3 is 1. The van der Waals surface area contributed by atoms with Gasteiger partial charge in [-0.15, -0.1) is 11.3 Å². The molecule has 30 heavy (non-hydrogen) atoms. The smallest absolute Gasteiger partial charge is 0.409 e. The topological polar surface area (TPSA) is 62.7 Å². The van der Waals surface area contributed by atoms with Crippen molar-refractivity contribution in [2.45, 2.75) is 44.4 Å². The van der Waals surface area contributed by atoms with Crippen LogP contribution >= 0.6 is 22.9 Å². The summed E-state index contributed by atoms with van der Waals surface area (Å²) in [4.78, 5) is 33.5. The third-order valence-corrected chi connectivity index (χ3v) is 7.19. The quantitative estimate of drug-likeness (QED) is 0.679. The molecule has 2 amide bonds. The Morgan fingerprint density at radius 1 is 1.33 bits per heavy atom. The molecule has 2 aliphatic heterocycles. The molecule has 1 spiro atoms. The van der Waals surface area contributed by atoms with E-state index in [-0.39, 0.29) is 23.8 Å². The molecule has 8 heteroatoms. The molecule has 1 aromatic heterocycles. The molecule has 6 nitrogen and oxygen atoms in total. The van der Waals surface area contributed by atoms with Crippen LogP contribution in [0.1, 0.15) is 42.5 Å². The number of benzene rings is 1. The number of unbranched alkanes of at least 4 members (excludes halogenated alkanes) is 1. The van der Waals surface area contributed by atoms with Gasteiger partial charge < -0.3 is 14.5 Å². The Morgan fingerprint density at radius 2 is 2.17 bits per heavy atom. The van der Waals surface area contributed by atoms with Gasteiger partial charge in [-0.3, -0.25) is 4.79 Å². The van der Waals surface area contributed by atoms with Crippen LogP contribution in [0.2, 0.25) is 5.02 Å². The lowest BCUT2D eigenvalue weighted by atomic mass is 9.81. The molecule has 2 aliphatic rings. The third-order valence-electron chi connectivity index (χ3n) is 6.06. The van der Waals surface area contributed by atoms with Gasteiger partial charge in [0.1, 0.15) is 5.01 Å². The van der Waals surface area contributed by atoms with Crippen molar-refractivity contribution < 1.29 is 14.3 Å². The van der Waals surface area contributed by atoms with Crippen LogP contribution in [-0.2, 0) is 27.8 Å². The first-order chi connectivity index (χ1) is 14.5. The number of carbonyl (C=O) groups is 2. The van der Waals surface area contributed by atoms with Gasteiger partial charge in [0, 0.05) is 41.1 Å². The number of halogens is 1. The maximum atomic E-state index is 13.3. The summed E-state index contributed by atoms with van der Waals surface area (Å²) in [5, 5.41) is 3.55. The van der Waals surface area contributed by atoms with Crippen LogP contribution < -0.4 is 4.90 Å². The zero-order valence-corrected chi connectivity index (χ0v) is 18.9. The van der Waals surface area contributed by atoms with E-state index in [4.69, 9.17) is 16.3 Å². The minimum Gasteiger partial charge on any atom is -0.453 e. The van der Waals surface area contributed by atoms with Crippen LogP contribution in [0.3, 0.4) is 0 Å². The monoisotopic (exact) mass is 447 g/mol. The molecule has 0 saturated carbocycles. The maximum Gasteiger partial charge on any atom is 0.409 e. The average Bonchev–Trinajstić information content (AvgIpc) is 3.45. The summed E-state index contributed by atoms with van der Waals surface area (Å²) in [5.74, 6) is 0.0309. The molecular formula is C22H26ClN3O3S. The van der Waals surface area contributed by atoms with Gasteiger partial charge in [-0.2, -0.15) is 0 Å². The fourth-order valence-corrected chi connectivity index (χ4v) is 5.49. The lowest BCUT2D eigenvalue weighted by molar-refractivity contribution is -0.118. The molecule has 0 N–H and O–H groups in total. The Labute approximate surface area is 185 Å². The number of anilines is 1. The fourth-order valence-electron chi connectivity index (χ4n) is 4.50. The van der Waals surface area contributed by atoms with E-state index >= 15 is 0 Å². The predicted octanol–water partition coefficient (Wildman–Crippen LogP) is 4.44. The van der Waals surface area contributed by atoms with Crippen LogP contribution in [0.4, 0.5) is 10.5 Å². The molecule has 0 aliphatic carbocycles. The van der Waals surface area contributed by atoms with Crippen LogP contribution in [0.15, 0.2) is 23.6 Å². The molecule has 160 valence electrons. The van der Waals surface area contributed by atoms with Crippen molar-refractivity contribution in [2.24, 2.45) is 0 Å². The lowest BCUT2D eigenvalue weighted by Crippen LogP contribution is -2.40. The minimum atomic E-state index is -0.331. The number of hydrogen-bond donors (Lipinski definition) is 0. The van der Waals surface area contributed by atoms with Crippen molar-refractivity contribution >= 4 is 40.6 Å². The number of fused-ring (bicyclic) bond motifs is 2. The summed E-state index contributed by atoms with van der Waals surface area (Å²) in [6.45, 7) is 3.83. The molecule has 2 aromatic rings. The number of carbonyl (C=O) groups excluding carboxylic acids is 2. The van der Waals surface area contributed by atoms with E-state index in [1.165, 1.54) is 7.11 Å². The zero-order chi connectivity index (χ0) is 21.3. The normalized spacial score (nSPS) is 20.1. The highest BCUT2D eigenvalue weighted by Gasteiger charge is 2.50. The molecule has 0 radical (unpaired) electrons. The number of amides is 2. The van der Waals surface area contributed by atoms with Gasteiger partial charge in [-0.05, 0) is 43.0 Å². The minimum absolute atomic E-state index is 0.0309. The SMILES string of the molecule is CCCCc1csc(CC(=O)N2CC3(CCN(C(=O)OC)C3)c3cc(Cl)ccc32)n1. The molecular weight excluding hydrogens is 422 g/mol. The van der Waals surface area contributed by atoms with Crippen molar-refractivity contribution in [1.82, 2.24) is 9.88 Å². The van der Waals surface area contributed by atoms with Gasteiger partial charge in [-0.25, -0.2) is 9.78 Å². The van der Waals surface area contributed by atoms with E-state index in [0.29, 0.717) is 24.7 Å². The summed E-state index contributed by atoms with van der Waals surface area (Å²) in [6, 6.07) is 5.68. The summed E-state index contributed by atoms with van der Waals surface area (Å²) in [7, 11) is 1.39. The predicted molar refractivity (Wildman–Crippen MR) is 119 cm³/mol. The Balaban J connectivity index is 1.55. The second-order valence-electron chi connectivity index (χ2n) is 8.08. The Bertz CT molecular complexity index is 963. The highest BCUT2D eigenvalue weighted by Crippen LogP contribution is 2.47. The highest BCUT2D eigenvalue weighted by atomic mass is 35.5. The van der Waals surface area contributed by atoms with Gasteiger partial charge in [-0.1, -0.05) is 24.9 Å². The lowest BCUT2D eigenvalue weighted by Gasteiger charge is -2.25. The second-order valence-corrected chi connectivity index (χ2v) is 9.46. The van der Waals surface area contributed by atoms with Crippen LogP contribution in [0, 0.1) is 0 Å². The summed E-state index contributed by atoms with van der Waals surface area (Å²) in [5.41, 5.74) is 2.69. The largest absolute Gasteiger partial charge is 0.453 e. The van der Waals surface area contributed by atoms with Gasteiger partial charge in [0.05, 0.1) is 19.2 Å². The first kappa shape index (κ1) is 21.1. The van der Waals surface area contributed by atoms with Gasteiger partial charge in [0.15, 0.2) is 0 Å². The van der Waals surface area contributed by atoms with E-state index in [1.807, 2.05) is 23.1 Å². The Morgan fingerprint density at radius 3 is 2.93 bits per heavy atom. The first-order valence-corrected chi connectivity index (χ1v) is 11.6. The number of thiazole rings is 1. The maximum absolute atomic E-state index is 13.3. The number of likely N-dealkylation sites (tertiary alicyclic amines) is 1. The average molecular weight is 448 g/mol. The van der Waals surface area contributed by atoms with E-state index in [1.54, 1.807) is 16.2 Å². The number of rotatable bonds is 5. The van der Waals surface area contributed by atoms with Crippen molar-refractivity contribution in [2.75, 3.05) is 31.6 Å². The van der Waals surface area contributed by atoms with Gasteiger partial charge in [0.25, 0.3) is 0 Å². The number of nitrogens with zero attached hydrogens (tertiary/aromatic N) is 3. The molecule has 1 unspecified atom stereocenters. The van der Waals surface area contributed by atoms with Crippen LogP contribution in [0.25, 0.3) is 0 Å². The van der Waals surface area contributed by atoms with Crippen molar-refractivity contribution in [3.05, 3.63) is 44.9 Å². The summed E-state index contributed by atoms with van der Waals surface area (Å²) < 4.78 is 4.91. The van der Waals surface area contributed by atoms with Crippen LogP contribution in [-0.4, -0.2) is 48.6 Å². The number of aryl methyl sites for hydroxylation is 1. The number of ether oxygens (including phenoxy) is 1. The van der Waals surface area contributed by atoms with Gasteiger partial charge >= 0.3 is 6.09 Å². The molecule has 1 fully saturated rings. The second kappa shape index (κ2) is 8.55. The molecule has 3 heterocycles.